The van der Waals surface area contributed by atoms with Crippen LogP contribution in [0, 0.1) is 12.8 Å². The monoisotopic (exact) mass is 362 g/mol. The second-order valence-corrected chi connectivity index (χ2v) is 7.59. The number of nitrogens with zero attached hydrogens (tertiary/aromatic N) is 2. The van der Waals surface area contributed by atoms with E-state index in [1.165, 1.54) is 12.0 Å². The number of aromatic nitrogens is 2. The van der Waals surface area contributed by atoms with Crippen LogP contribution in [0.15, 0.2) is 42.7 Å². The molecule has 0 bridgehead atoms. The van der Waals surface area contributed by atoms with E-state index in [4.69, 9.17) is 0 Å². The summed E-state index contributed by atoms with van der Waals surface area (Å²) in [5.74, 6) is 0.745. The number of H-pyrrole nitrogens is 1. The standard InChI is InChI=1S/C22H26N4O/c1-15-4-3-11-26(14-15)22(27)17-5-6-20(16(2)12-17)25-13-18-7-9-23-21-19(18)8-10-24-21/h5-10,12,15,25H,3-4,11,13-14H2,1-2H3,(H,23,24). The predicted molar refractivity (Wildman–Crippen MR) is 109 cm³/mol. The van der Waals surface area contributed by atoms with E-state index in [9.17, 15) is 4.79 Å². The van der Waals surface area contributed by atoms with Gasteiger partial charge in [-0.1, -0.05) is 6.92 Å². The van der Waals surface area contributed by atoms with Crippen LogP contribution in [0.5, 0.6) is 0 Å². The lowest BCUT2D eigenvalue weighted by Gasteiger charge is -2.31. The Bertz CT molecular complexity index is 962. The van der Waals surface area contributed by atoms with E-state index in [1.807, 2.05) is 47.6 Å². The SMILES string of the molecule is Cc1cc(C(=O)N2CCCC(C)C2)ccc1NCc1ccnc2[nH]ccc12. The van der Waals surface area contributed by atoms with Crippen molar-refractivity contribution >= 4 is 22.6 Å². The average Bonchev–Trinajstić information content (AvgIpc) is 3.16. The van der Waals surface area contributed by atoms with Crippen LogP contribution in [0.1, 0.15) is 41.3 Å². The topological polar surface area (TPSA) is 61.0 Å². The minimum absolute atomic E-state index is 0.152. The maximum absolute atomic E-state index is 12.8. The number of pyridine rings is 1. The lowest BCUT2D eigenvalue weighted by Crippen LogP contribution is -2.39. The lowest BCUT2D eigenvalue weighted by atomic mass is 9.99. The predicted octanol–water partition coefficient (Wildman–Crippen LogP) is 4.36. The van der Waals surface area contributed by atoms with Crippen LogP contribution < -0.4 is 5.32 Å². The molecule has 4 rings (SSSR count). The minimum Gasteiger partial charge on any atom is -0.381 e. The van der Waals surface area contributed by atoms with Crippen LogP contribution in [-0.2, 0) is 6.54 Å². The first kappa shape index (κ1) is 17.6. The maximum Gasteiger partial charge on any atom is 0.253 e. The third kappa shape index (κ3) is 3.68. The van der Waals surface area contributed by atoms with Crippen molar-refractivity contribution in [1.29, 1.82) is 0 Å². The number of amides is 1. The number of hydrogen-bond donors (Lipinski definition) is 2. The zero-order valence-electron chi connectivity index (χ0n) is 16.0. The van der Waals surface area contributed by atoms with Crippen LogP contribution in [0.2, 0.25) is 0 Å². The van der Waals surface area contributed by atoms with Crippen LogP contribution in [-0.4, -0.2) is 33.9 Å². The molecule has 1 aliphatic heterocycles. The van der Waals surface area contributed by atoms with Crippen molar-refractivity contribution in [3.63, 3.8) is 0 Å². The Morgan fingerprint density at radius 3 is 3.04 bits per heavy atom. The van der Waals surface area contributed by atoms with Crippen LogP contribution in [0.25, 0.3) is 11.0 Å². The van der Waals surface area contributed by atoms with Gasteiger partial charge in [0, 0.05) is 48.7 Å². The summed E-state index contributed by atoms with van der Waals surface area (Å²) in [5, 5.41) is 4.63. The molecule has 3 aromatic rings. The first-order valence-corrected chi connectivity index (χ1v) is 9.66. The van der Waals surface area contributed by atoms with Gasteiger partial charge in [0.05, 0.1) is 0 Å². The van der Waals surface area contributed by atoms with Gasteiger partial charge < -0.3 is 15.2 Å². The number of fused-ring (bicyclic) bond motifs is 1. The molecule has 0 spiro atoms. The van der Waals surface area contributed by atoms with E-state index in [0.29, 0.717) is 12.5 Å². The Labute approximate surface area is 159 Å². The van der Waals surface area contributed by atoms with Gasteiger partial charge in [-0.3, -0.25) is 4.79 Å². The number of carbonyl (C=O) groups is 1. The quantitative estimate of drug-likeness (QED) is 0.725. The lowest BCUT2D eigenvalue weighted by molar-refractivity contribution is 0.0683. The molecule has 2 aromatic heterocycles. The highest BCUT2D eigenvalue weighted by molar-refractivity contribution is 5.95. The van der Waals surface area contributed by atoms with Gasteiger partial charge in [-0.15, -0.1) is 0 Å². The molecule has 1 amide bonds. The molecule has 2 N–H and O–H groups in total. The molecule has 1 fully saturated rings. The van der Waals surface area contributed by atoms with Gasteiger partial charge in [-0.25, -0.2) is 4.98 Å². The smallest absolute Gasteiger partial charge is 0.253 e. The number of carbonyl (C=O) groups excluding carboxylic acids is 1. The molecule has 1 aliphatic rings. The fraction of sp³-hybridized carbons (Fsp3) is 0.364. The number of rotatable bonds is 4. The fourth-order valence-corrected chi connectivity index (χ4v) is 3.91. The van der Waals surface area contributed by atoms with Crippen molar-refractivity contribution < 1.29 is 4.79 Å². The molecule has 0 radical (unpaired) electrons. The molecule has 140 valence electrons. The molecule has 0 aliphatic carbocycles. The maximum atomic E-state index is 12.8. The second-order valence-electron chi connectivity index (χ2n) is 7.59. The first-order chi connectivity index (χ1) is 13.1. The number of nitrogens with one attached hydrogen (secondary N) is 2. The van der Waals surface area contributed by atoms with E-state index >= 15 is 0 Å². The number of hydrogen-bond acceptors (Lipinski definition) is 3. The molecule has 27 heavy (non-hydrogen) atoms. The molecule has 5 heteroatoms. The van der Waals surface area contributed by atoms with Crippen molar-refractivity contribution in [1.82, 2.24) is 14.9 Å². The van der Waals surface area contributed by atoms with E-state index in [2.05, 4.69) is 29.1 Å². The Hall–Kier alpha value is -2.82. The average molecular weight is 362 g/mol. The molecule has 0 saturated carbocycles. The second kappa shape index (κ2) is 7.43. The van der Waals surface area contributed by atoms with Crippen LogP contribution in [0.3, 0.4) is 0 Å². The number of benzene rings is 1. The molecular formula is C22H26N4O. The highest BCUT2D eigenvalue weighted by atomic mass is 16.2. The van der Waals surface area contributed by atoms with Crippen molar-refractivity contribution in [2.45, 2.75) is 33.2 Å². The zero-order chi connectivity index (χ0) is 18.8. The third-order valence-corrected chi connectivity index (χ3v) is 5.44. The van der Waals surface area contributed by atoms with Gasteiger partial charge in [0.1, 0.15) is 5.65 Å². The zero-order valence-corrected chi connectivity index (χ0v) is 16.0. The molecule has 1 aromatic carbocycles. The highest BCUT2D eigenvalue weighted by Crippen LogP contribution is 2.23. The number of aryl methyl sites for hydroxylation is 1. The normalized spacial score (nSPS) is 17.3. The Morgan fingerprint density at radius 2 is 2.22 bits per heavy atom. The van der Waals surface area contributed by atoms with E-state index < -0.39 is 0 Å². The van der Waals surface area contributed by atoms with Crippen LogP contribution in [0.4, 0.5) is 5.69 Å². The summed E-state index contributed by atoms with van der Waals surface area (Å²) >= 11 is 0. The minimum atomic E-state index is 0.152. The van der Waals surface area contributed by atoms with Gasteiger partial charge >= 0.3 is 0 Å². The summed E-state index contributed by atoms with van der Waals surface area (Å²) in [7, 11) is 0. The van der Waals surface area contributed by atoms with E-state index in [1.54, 1.807) is 0 Å². The van der Waals surface area contributed by atoms with Crippen molar-refractivity contribution in [3.8, 4) is 0 Å². The molecular weight excluding hydrogens is 336 g/mol. The van der Waals surface area contributed by atoms with Gasteiger partial charge in [-0.2, -0.15) is 0 Å². The summed E-state index contributed by atoms with van der Waals surface area (Å²) < 4.78 is 0. The highest BCUT2D eigenvalue weighted by Gasteiger charge is 2.22. The number of likely N-dealkylation sites (tertiary alicyclic amines) is 1. The molecule has 1 atom stereocenters. The van der Waals surface area contributed by atoms with Crippen molar-refractivity contribution in [3.05, 3.63) is 59.4 Å². The van der Waals surface area contributed by atoms with E-state index in [-0.39, 0.29) is 5.91 Å². The molecule has 3 heterocycles. The van der Waals surface area contributed by atoms with Gasteiger partial charge in [-0.05, 0) is 67.1 Å². The van der Waals surface area contributed by atoms with Crippen molar-refractivity contribution in [2.75, 3.05) is 18.4 Å². The number of piperidine rings is 1. The Morgan fingerprint density at radius 1 is 1.33 bits per heavy atom. The fourth-order valence-electron chi connectivity index (χ4n) is 3.91. The Balaban J connectivity index is 1.47. The third-order valence-electron chi connectivity index (χ3n) is 5.44. The first-order valence-electron chi connectivity index (χ1n) is 9.66. The van der Waals surface area contributed by atoms with Gasteiger partial charge in [0.25, 0.3) is 5.91 Å². The molecule has 1 saturated heterocycles. The Kier molecular flexibility index (Phi) is 4.84. The molecule has 5 nitrogen and oxygen atoms in total. The van der Waals surface area contributed by atoms with E-state index in [0.717, 1.165) is 47.4 Å². The summed E-state index contributed by atoms with van der Waals surface area (Å²) in [6.45, 7) is 6.73. The summed E-state index contributed by atoms with van der Waals surface area (Å²) in [4.78, 5) is 22.3. The molecule has 1 unspecified atom stereocenters. The number of anilines is 1. The van der Waals surface area contributed by atoms with Gasteiger partial charge in [0.2, 0.25) is 0 Å². The van der Waals surface area contributed by atoms with Crippen molar-refractivity contribution in [2.24, 2.45) is 5.92 Å². The summed E-state index contributed by atoms with van der Waals surface area (Å²) in [6, 6.07) is 10.0. The largest absolute Gasteiger partial charge is 0.381 e. The van der Waals surface area contributed by atoms with Crippen LogP contribution >= 0.6 is 0 Å². The summed E-state index contributed by atoms with van der Waals surface area (Å²) in [5.41, 5.74) is 5.03. The van der Waals surface area contributed by atoms with Gasteiger partial charge in [0.15, 0.2) is 0 Å². The summed E-state index contributed by atoms with van der Waals surface area (Å²) in [6.07, 6.45) is 6.05. The number of aromatic amines is 1.